The highest BCUT2D eigenvalue weighted by Gasteiger charge is 2.09. The number of fused-ring (bicyclic) bond motifs is 1. The third kappa shape index (κ3) is 3.11. The molecule has 0 bridgehead atoms. The molecule has 4 nitrogen and oxygen atoms in total. The summed E-state index contributed by atoms with van der Waals surface area (Å²) < 4.78 is 28.7. The van der Waals surface area contributed by atoms with E-state index in [1.54, 1.807) is 0 Å². The smallest absolute Gasteiger partial charge is 0.264 e. The summed E-state index contributed by atoms with van der Waals surface area (Å²) >= 11 is 0. The molecule has 18 heavy (non-hydrogen) atoms. The second-order valence-electron chi connectivity index (χ2n) is 4.45. The van der Waals surface area contributed by atoms with Gasteiger partial charge in [0.2, 0.25) is 0 Å². The van der Waals surface area contributed by atoms with Gasteiger partial charge in [-0.1, -0.05) is 18.2 Å². The van der Waals surface area contributed by atoms with Crippen molar-refractivity contribution in [3.05, 3.63) is 36.5 Å². The molecule has 1 aromatic carbocycles. The zero-order valence-electron chi connectivity index (χ0n) is 10.5. The maximum absolute atomic E-state index is 10.9. The number of rotatable bonds is 5. The van der Waals surface area contributed by atoms with Crippen LogP contribution < -0.4 is 0 Å². The average Bonchev–Trinajstić information content (AvgIpc) is 2.70. The number of hydrogen-bond donors (Lipinski definition) is 0. The van der Waals surface area contributed by atoms with Gasteiger partial charge in [0.1, 0.15) is 0 Å². The van der Waals surface area contributed by atoms with Gasteiger partial charge in [0, 0.05) is 17.8 Å². The number of hydrogen-bond acceptors (Lipinski definition) is 3. The molecule has 0 fully saturated rings. The van der Waals surface area contributed by atoms with Crippen LogP contribution in [0.1, 0.15) is 19.4 Å². The summed E-state index contributed by atoms with van der Waals surface area (Å²) in [5.74, 6) is 0. The van der Waals surface area contributed by atoms with E-state index in [1.165, 1.54) is 5.39 Å². The Hall–Kier alpha value is -1.33. The minimum Gasteiger partial charge on any atom is -0.345 e. The van der Waals surface area contributed by atoms with E-state index < -0.39 is 10.1 Å². The van der Waals surface area contributed by atoms with Gasteiger partial charge in [0.05, 0.1) is 12.9 Å². The van der Waals surface area contributed by atoms with E-state index in [0.29, 0.717) is 6.42 Å². The van der Waals surface area contributed by atoms with Crippen LogP contribution in [0.5, 0.6) is 0 Å². The first kappa shape index (κ1) is 13.1. The van der Waals surface area contributed by atoms with Crippen molar-refractivity contribution in [2.45, 2.75) is 19.4 Å². The van der Waals surface area contributed by atoms with E-state index in [4.69, 9.17) is 4.18 Å². The highest BCUT2D eigenvalue weighted by molar-refractivity contribution is 7.85. The van der Waals surface area contributed by atoms with E-state index >= 15 is 0 Å². The van der Waals surface area contributed by atoms with Crippen LogP contribution in [0.3, 0.4) is 0 Å². The van der Waals surface area contributed by atoms with E-state index in [1.807, 2.05) is 18.3 Å². The average molecular weight is 267 g/mol. The standard InChI is InChI=1S/C13H17NO3S/c1-11(8-10-17-18(2,15)16)14-9-7-12-5-3-4-6-13(12)14/h3-7,9,11H,8,10H2,1-2H3. The summed E-state index contributed by atoms with van der Waals surface area (Å²) in [6.07, 6.45) is 3.75. The van der Waals surface area contributed by atoms with Gasteiger partial charge in [-0.25, -0.2) is 0 Å². The Labute approximate surface area is 107 Å². The van der Waals surface area contributed by atoms with Crippen molar-refractivity contribution in [1.82, 2.24) is 4.57 Å². The molecule has 0 aliphatic carbocycles. The van der Waals surface area contributed by atoms with Crippen LogP contribution in [-0.4, -0.2) is 25.8 Å². The summed E-state index contributed by atoms with van der Waals surface area (Å²) in [5, 5.41) is 1.19. The maximum Gasteiger partial charge on any atom is 0.264 e. The molecular formula is C13H17NO3S. The van der Waals surface area contributed by atoms with Gasteiger partial charge in [-0.3, -0.25) is 4.18 Å². The molecule has 1 aromatic heterocycles. The lowest BCUT2D eigenvalue weighted by Gasteiger charge is -2.14. The van der Waals surface area contributed by atoms with Crippen molar-refractivity contribution in [1.29, 1.82) is 0 Å². The molecule has 0 aliphatic heterocycles. The van der Waals surface area contributed by atoms with Crippen LogP contribution in [0, 0.1) is 0 Å². The summed E-state index contributed by atoms with van der Waals surface area (Å²) in [6.45, 7) is 2.27. The van der Waals surface area contributed by atoms with Crippen molar-refractivity contribution in [2.24, 2.45) is 0 Å². The first-order valence-corrected chi connectivity index (χ1v) is 7.69. The topological polar surface area (TPSA) is 48.3 Å². The summed E-state index contributed by atoms with van der Waals surface area (Å²) in [7, 11) is -3.34. The Morgan fingerprint density at radius 3 is 2.72 bits per heavy atom. The molecule has 0 amide bonds. The normalized spacial score (nSPS) is 13.9. The molecule has 0 N–H and O–H groups in total. The SMILES string of the molecule is CC(CCOS(C)(=O)=O)n1ccc2ccccc21. The van der Waals surface area contributed by atoms with Gasteiger partial charge in [-0.15, -0.1) is 0 Å². The Morgan fingerprint density at radius 2 is 2.00 bits per heavy atom. The summed E-state index contributed by atoms with van der Waals surface area (Å²) in [6, 6.07) is 10.4. The molecule has 1 atom stereocenters. The van der Waals surface area contributed by atoms with Gasteiger partial charge in [-0.2, -0.15) is 8.42 Å². The van der Waals surface area contributed by atoms with Gasteiger partial charge >= 0.3 is 0 Å². The number of nitrogens with zero attached hydrogens (tertiary/aromatic N) is 1. The van der Waals surface area contributed by atoms with Crippen molar-refractivity contribution < 1.29 is 12.6 Å². The van der Waals surface area contributed by atoms with Gasteiger partial charge < -0.3 is 4.57 Å². The van der Waals surface area contributed by atoms with Crippen molar-refractivity contribution in [2.75, 3.05) is 12.9 Å². The van der Waals surface area contributed by atoms with Gasteiger partial charge in [0.15, 0.2) is 0 Å². The molecule has 0 spiro atoms. The molecule has 5 heteroatoms. The summed E-state index contributed by atoms with van der Waals surface area (Å²) in [4.78, 5) is 0. The largest absolute Gasteiger partial charge is 0.345 e. The fourth-order valence-corrected chi connectivity index (χ4v) is 2.40. The molecular weight excluding hydrogens is 250 g/mol. The number of benzene rings is 1. The highest BCUT2D eigenvalue weighted by atomic mass is 32.2. The van der Waals surface area contributed by atoms with Crippen LogP contribution >= 0.6 is 0 Å². The monoisotopic (exact) mass is 267 g/mol. The van der Waals surface area contributed by atoms with Crippen molar-refractivity contribution >= 4 is 21.0 Å². The molecule has 1 unspecified atom stereocenters. The van der Waals surface area contributed by atoms with Crippen LogP contribution in [0.25, 0.3) is 10.9 Å². The first-order chi connectivity index (χ1) is 8.47. The Kier molecular flexibility index (Phi) is 3.73. The molecule has 0 saturated heterocycles. The lowest BCUT2D eigenvalue weighted by atomic mass is 10.2. The second kappa shape index (κ2) is 5.12. The molecule has 2 rings (SSSR count). The molecule has 0 radical (unpaired) electrons. The molecule has 0 saturated carbocycles. The van der Waals surface area contributed by atoms with E-state index in [2.05, 4.69) is 29.7 Å². The predicted molar refractivity (Wildman–Crippen MR) is 72.1 cm³/mol. The van der Waals surface area contributed by atoms with E-state index in [9.17, 15) is 8.42 Å². The molecule has 1 heterocycles. The minimum atomic E-state index is -3.34. The molecule has 0 aliphatic rings. The van der Waals surface area contributed by atoms with Crippen LogP contribution in [-0.2, 0) is 14.3 Å². The predicted octanol–water partition coefficient (Wildman–Crippen LogP) is 2.57. The Balaban J connectivity index is 2.07. The lowest BCUT2D eigenvalue weighted by molar-refractivity contribution is 0.291. The fraction of sp³-hybridized carbons (Fsp3) is 0.385. The highest BCUT2D eigenvalue weighted by Crippen LogP contribution is 2.21. The van der Waals surface area contributed by atoms with E-state index in [0.717, 1.165) is 11.8 Å². The minimum absolute atomic E-state index is 0.201. The van der Waals surface area contributed by atoms with Gasteiger partial charge in [-0.05, 0) is 30.9 Å². The van der Waals surface area contributed by atoms with Crippen molar-refractivity contribution in [3.8, 4) is 0 Å². The Bertz CT molecular complexity index is 630. The quantitative estimate of drug-likeness (QED) is 0.782. The van der Waals surface area contributed by atoms with E-state index in [-0.39, 0.29) is 12.6 Å². The lowest BCUT2D eigenvalue weighted by Crippen LogP contribution is -2.10. The van der Waals surface area contributed by atoms with Crippen molar-refractivity contribution in [3.63, 3.8) is 0 Å². The third-order valence-corrected chi connectivity index (χ3v) is 3.53. The van der Waals surface area contributed by atoms with Crippen LogP contribution in [0.15, 0.2) is 36.5 Å². The summed E-state index contributed by atoms with van der Waals surface area (Å²) in [5.41, 5.74) is 1.16. The zero-order chi connectivity index (χ0) is 13.2. The Morgan fingerprint density at radius 1 is 1.28 bits per heavy atom. The number of para-hydroxylation sites is 1. The third-order valence-electron chi connectivity index (χ3n) is 2.94. The van der Waals surface area contributed by atoms with Gasteiger partial charge in [0.25, 0.3) is 10.1 Å². The fourth-order valence-electron chi connectivity index (χ4n) is 2.00. The molecule has 98 valence electrons. The maximum atomic E-state index is 10.9. The zero-order valence-corrected chi connectivity index (χ0v) is 11.4. The number of aromatic nitrogens is 1. The first-order valence-electron chi connectivity index (χ1n) is 5.87. The van der Waals surface area contributed by atoms with Crippen LogP contribution in [0.4, 0.5) is 0 Å². The second-order valence-corrected chi connectivity index (χ2v) is 6.09. The van der Waals surface area contributed by atoms with Crippen LogP contribution in [0.2, 0.25) is 0 Å². The molecule has 2 aromatic rings.